The number of carbonyl (C=O) groups is 2. The maximum absolute atomic E-state index is 14.1. The molecule has 2 aromatic heterocycles. The third kappa shape index (κ3) is 3.96. The summed E-state index contributed by atoms with van der Waals surface area (Å²) in [5.41, 5.74) is 3.69. The maximum atomic E-state index is 14.1. The number of benzene rings is 1. The highest BCUT2D eigenvalue weighted by Crippen LogP contribution is 2.39. The molecule has 0 unspecified atom stereocenters. The smallest absolute Gasteiger partial charge is 0.275 e. The first kappa shape index (κ1) is 23.2. The van der Waals surface area contributed by atoms with Crippen LogP contribution in [0.5, 0.6) is 0 Å². The van der Waals surface area contributed by atoms with Crippen LogP contribution < -0.4 is 10.2 Å². The van der Waals surface area contributed by atoms with Gasteiger partial charge in [0.05, 0.1) is 16.8 Å². The molecular weight excluding hydrogens is 442 g/mol. The highest BCUT2D eigenvalue weighted by atomic mass is 32.1. The van der Waals surface area contributed by atoms with Gasteiger partial charge in [0.1, 0.15) is 11.2 Å². The summed E-state index contributed by atoms with van der Waals surface area (Å²) in [5.74, 6) is -0.151. The predicted molar refractivity (Wildman–Crippen MR) is 140 cm³/mol. The van der Waals surface area contributed by atoms with Crippen LogP contribution in [0.1, 0.15) is 78.9 Å². The number of amides is 2. The van der Waals surface area contributed by atoms with Gasteiger partial charge in [0.2, 0.25) is 5.91 Å². The number of carbonyl (C=O) groups excluding carboxylic acids is 2. The molecule has 0 spiro atoms. The van der Waals surface area contributed by atoms with Gasteiger partial charge in [0.15, 0.2) is 0 Å². The predicted octanol–water partition coefficient (Wildman–Crippen LogP) is 6.14. The topological polar surface area (TPSA) is 54.3 Å². The molecule has 3 heterocycles. The quantitative estimate of drug-likeness (QED) is 0.459. The van der Waals surface area contributed by atoms with Gasteiger partial charge in [-0.15, -0.1) is 11.3 Å². The Bertz CT molecular complexity index is 1230. The van der Waals surface area contributed by atoms with E-state index < -0.39 is 5.54 Å². The molecule has 180 valence electrons. The van der Waals surface area contributed by atoms with Gasteiger partial charge >= 0.3 is 0 Å². The Balaban J connectivity index is 1.61. The van der Waals surface area contributed by atoms with Gasteiger partial charge in [0, 0.05) is 16.6 Å². The van der Waals surface area contributed by atoms with Gasteiger partial charge in [-0.25, -0.2) is 0 Å². The van der Waals surface area contributed by atoms with Crippen LogP contribution in [-0.2, 0) is 17.8 Å². The lowest BCUT2D eigenvalue weighted by molar-refractivity contribution is -0.127. The zero-order chi connectivity index (χ0) is 24.0. The number of anilines is 1. The number of aryl methyl sites for hydroxylation is 3. The minimum atomic E-state index is -1.02. The van der Waals surface area contributed by atoms with E-state index in [1.54, 1.807) is 16.2 Å². The molecule has 1 saturated carbocycles. The van der Waals surface area contributed by atoms with Crippen molar-refractivity contribution in [3.8, 4) is 0 Å². The van der Waals surface area contributed by atoms with Crippen molar-refractivity contribution in [2.75, 3.05) is 4.90 Å². The largest absolute Gasteiger partial charge is 0.351 e. The second-order valence-corrected chi connectivity index (χ2v) is 11.5. The molecule has 2 amide bonds. The van der Waals surface area contributed by atoms with Gasteiger partial charge in [-0.3, -0.25) is 14.5 Å². The lowest BCUT2D eigenvalue weighted by Gasteiger charge is -2.44. The fourth-order valence-corrected chi connectivity index (χ4v) is 6.79. The molecule has 6 heteroatoms. The number of hydrogen-bond donors (Lipinski definition) is 1. The van der Waals surface area contributed by atoms with Crippen LogP contribution in [-0.4, -0.2) is 28.0 Å². The zero-order valence-corrected chi connectivity index (χ0v) is 21.6. The normalized spacial score (nSPS) is 21.5. The Kier molecular flexibility index (Phi) is 6.05. The fraction of sp³-hybridized carbons (Fsp3) is 0.500. The van der Waals surface area contributed by atoms with Crippen molar-refractivity contribution in [1.82, 2.24) is 9.88 Å². The summed E-state index contributed by atoms with van der Waals surface area (Å²) in [7, 11) is 0. The summed E-state index contributed by atoms with van der Waals surface area (Å²) in [6, 6.07) is 10.5. The standard InChI is InChI=1S/C28H35N3O2S/c1-5-22-15-23-25(34-22)16-24-26(32)31(21-13-18(2)12-19(3)14-21)28(4,17-30(23)24)27(33)29-20-10-8-6-7-9-11-20/h12-16,20H,5-11,17H2,1-4H3,(H,29,33)/t28-/m1/s1. The number of aromatic nitrogens is 1. The van der Waals surface area contributed by atoms with E-state index in [4.69, 9.17) is 0 Å². The molecule has 0 saturated heterocycles. The van der Waals surface area contributed by atoms with E-state index in [9.17, 15) is 9.59 Å². The Morgan fingerprint density at radius 3 is 2.38 bits per heavy atom. The summed E-state index contributed by atoms with van der Waals surface area (Å²) in [6.07, 6.45) is 7.78. The second kappa shape index (κ2) is 8.88. The fourth-order valence-electron chi connectivity index (χ4n) is 5.75. The summed E-state index contributed by atoms with van der Waals surface area (Å²) >= 11 is 1.74. The van der Waals surface area contributed by atoms with Gasteiger partial charge in [0.25, 0.3) is 5.91 Å². The molecule has 5 nitrogen and oxygen atoms in total. The van der Waals surface area contributed by atoms with Gasteiger partial charge in [-0.1, -0.05) is 38.7 Å². The monoisotopic (exact) mass is 477 g/mol. The van der Waals surface area contributed by atoms with Crippen LogP contribution in [0.2, 0.25) is 0 Å². The average Bonchev–Trinajstić information content (AvgIpc) is 3.22. The molecule has 0 bridgehead atoms. The molecular formula is C28H35N3O2S. The van der Waals surface area contributed by atoms with Crippen LogP contribution in [0.15, 0.2) is 30.3 Å². The molecule has 2 aliphatic rings. The summed E-state index contributed by atoms with van der Waals surface area (Å²) in [6.45, 7) is 8.62. The summed E-state index contributed by atoms with van der Waals surface area (Å²) < 4.78 is 3.20. The lowest BCUT2D eigenvalue weighted by atomic mass is 9.92. The average molecular weight is 478 g/mol. The van der Waals surface area contributed by atoms with Crippen molar-refractivity contribution < 1.29 is 9.59 Å². The Morgan fingerprint density at radius 1 is 1.06 bits per heavy atom. The first-order chi connectivity index (χ1) is 16.3. The number of fused-ring (bicyclic) bond motifs is 3. The van der Waals surface area contributed by atoms with Crippen molar-refractivity contribution >= 4 is 39.1 Å². The van der Waals surface area contributed by atoms with Crippen molar-refractivity contribution in [3.05, 3.63) is 52.0 Å². The molecule has 5 rings (SSSR count). The van der Waals surface area contributed by atoms with Gasteiger partial charge in [-0.05, 0) is 75.4 Å². The van der Waals surface area contributed by atoms with Crippen molar-refractivity contribution in [3.63, 3.8) is 0 Å². The molecule has 1 fully saturated rings. The summed E-state index contributed by atoms with van der Waals surface area (Å²) in [5, 5.41) is 3.36. The van der Waals surface area contributed by atoms with E-state index in [-0.39, 0.29) is 17.9 Å². The van der Waals surface area contributed by atoms with Gasteiger partial charge in [-0.2, -0.15) is 0 Å². The first-order valence-corrected chi connectivity index (χ1v) is 13.5. The SMILES string of the molecule is CCc1cc2c(cc3n2C[C@](C)(C(=O)NC2CCCCCC2)N(c2cc(C)cc(C)c2)C3=O)s1. The number of thiophene rings is 1. The first-order valence-electron chi connectivity index (χ1n) is 12.7. The van der Waals surface area contributed by atoms with E-state index in [1.807, 2.05) is 39.0 Å². The van der Waals surface area contributed by atoms with Crippen molar-refractivity contribution in [2.24, 2.45) is 0 Å². The Labute approximate surface area is 206 Å². The van der Waals surface area contributed by atoms with Crippen LogP contribution in [0.4, 0.5) is 5.69 Å². The number of hydrogen-bond acceptors (Lipinski definition) is 3. The van der Waals surface area contributed by atoms with Gasteiger partial charge < -0.3 is 9.88 Å². The Hall–Kier alpha value is -2.60. The third-order valence-electron chi connectivity index (χ3n) is 7.52. The molecule has 3 aromatic rings. The molecule has 0 radical (unpaired) electrons. The van der Waals surface area contributed by atoms with Crippen molar-refractivity contribution in [1.29, 1.82) is 0 Å². The van der Waals surface area contributed by atoms with Crippen LogP contribution in [0.3, 0.4) is 0 Å². The number of nitrogens with zero attached hydrogens (tertiary/aromatic N) is 2. The van der Waals surface area contributed by atoms with E-state index in [2.05, 4.69) is 28.9 Å². The van der Waals surface area contributed by atoms with Crippen LogP contribution in [0.25, 0.3) is 10.2 Å². The molecule has 1 atom stereocenters. The highest BCUT2D eigenvalue weighted by molar-refractivity contribution is 7.19. The van der Waals surface area contributed by atoms with Crippen LogP contribution >= 0.6 is 11.3 Å². The van der Waals surface area contributed by atoms with Crippen molar-refractivity contribution in [2.45, 2.75) is 90.8 Å². The number of rotatable bonds is 4. The molecule has 1 aromatic carbocycles. The lowest BCUT2D eigenvalue weighted by Crippen LogP contribution is -2.65. The van der Waals surface area contributed by atoms with E-state index in [1.165, 1.54) is 17.7 Å². The number of nitrogens with one attached hydrogen (secondary N) is 1. The Morgan fingerprint density at radius 2 is 1.74 bits per heavy atom. The van der Waals surface area contributed by atoms with E-state index >= 15 is 0 Å². The summed E-state index contributed by atoms with van der Waals surface area (Å²) in [4.78, 5) is 31.1. The third-order valence-corrected chi connectivity index (χ3v) is 8.73. The van der Waals surface area contributed by atoms with E-state index in [0.717, 1.165) is 59.1 Å². The highest BCUT2D eigenvalue weighted by Gasteiger charge is 2.49. The second-order valence-electron chi connectivity index (χ2n) is 10.4. The minimum absolute atomic E-state index is 0.0506. The molecule has 1 aliphatic carbocycles. The molecule has 1 N–H and O–H groups in total. The van der Waals surface area contributed by atoms with E-state index in [0.29, 0.717) is 12.2 Å². The van der Waals surface area contributed by atoms with Crippen LogP contribution in [0, 0.1) is 13.8 Å². The molecule has 34 heavy (non-hydrogen) atoms. The zero-order valence-electron chi connectivity index (χ0n) is 20.7. The minimum Gasteiger partial charge on any atom is -0.351 e. The molecule has 1 aliphatic heterocycles. The maximum Gasteiger partial charge on any atom is 0.275 e.